The fourth-order valence-electron chi connectivity index (χ4n) is 2.37. The van der Waals surface area contributed by atoms with Crippen LogP contribution in [-0.2, 0) is 6.42 Å². The van der Waals surface area contributed by atoms with E-state index in [1.54, 1.807) is 36.4 Å². The topological polar surface area (TPSA) is 112 Å². The largest absolute Gasteiger partial charge is 0.508 e. The van der Waals surface area contributed by atoms with Crippen molar-refractivity contribution in [2.75, 3.05) is 0 Å². The van der Waals surface area contributed by atoms with Gasteiger partial charge in [-0.1, -0.05) is 12.1 Å². The standard InChI is InChI=1S/C16H13N3O4/c20-13-7-1-10(2-8-13)9-14-15(17-18-16(14)21)11-3-5-12(6-4-11)19(22)23/h1-8,20H,9H2,(H2,17,18,21). The van der Waals surface area contributed by atoms with Crippen molar-refractivity contribution in [2.45, 2.75) is 6.42 Å². The van der Waals surface area contributed by atoms with E-state index in [2.05, 4.69) is 10.2 Å². The summed E-state index contributed by atoms with van der Waals surface area (Å²) in [6.45, 7) is 0. The van der Waals surface area contributed by atoms with Crippen LogP contribution in [0.5, 0.6) is 5.75 Å². The highest BCUT2D eigenvalue weighted by molar-refractivity contribution is 5.64. The molecule has 3 N–H and O–H groups in total. The molecular formula is C16H13N3O4. The minimum absolute atomic E-state index is 0.00767. The van der Waals surface area contributed by atoms with Crippen molar-refractivity contribution in [1.82, 2.24) is 10.2 Å². The second-order valence-corrected chi connectivity index (χ2v) is 5.08. The Hall–Kier alpha value is -3.35. The van der Waals surface area contributed by atoms with Crippen molar-refractivity contribution in [3.05, 3.63) is 80.1 Å². The zero-order valence-corrected chi connectivity index (χ0v) is 11.9. The van der Waals surface area contributed by atoms with E-state index in [1.807, 2.05) is 0 Å². The van der Waals surface area contributed by atoms with Crippen LogP contribution in [0.15, 0.2) is 53.3 Å². The molecule has 0 spiro atoms. The molecule has 0 unspecified atom stereocenters. The number of rotatable bonds is 4. The third-order valence-electron chi connectivity index (χ3n) is 3.56. The molecule has 3 aromatic rings. The SMILES string of the molecule is O=c1[nH][nH]c(-c2ccc([N+](=O)[O-])cc2)c1Cc1ccc(O)cc1. The summed E-state index contributed by atoms with van der Waals surface area (Å²) in [5.41, 5.74) is 2.43. The van der Waals surface area contributed by atoms with Crippen LogP contribution in [0.1, 0.15) is 11.1 Å². The van der Waals surface area contributed by atoms with Gasteiger partial charge in [-0.15, -0.1) is 0 Å². The average molecular weight is 311 g/mol. The molecule has 0 atom stereocenters. The van der Waals surface area contributed by atoms with Crippen LogP contribution in [-0.4, -0.2) is 20.2 Å². The molecule has 0 saturated carbocycles. The van der Waals surface area contributed by atoms with E-state index < -0.39 is 4.92 Å². The van der Waals surface area contributed by atoms with Crippen molar-refractivity contribution in [2.24, 2.45) is 0 Å². The van der Waals surface area contributed by atoms with Gasteiger partial charge in [-0.3, -0.25) is 25.1 Å². The molecule has 1 heterocycles. The minimum atomic E-state index is -0.471. The van der Waals surface area contributed by atoms with Gasteiger partial charge in [-0.25, -0.2) is 0 Å². The first-order chi connectivity index (χ1) is 11.0. The highest BCUT2D eigenvalue weighted by atomic mass is 16.6. The number of phenolic OH excluding ortho intramolecular Hbond substituents is 1. The smallest absolute Gasteiger partial charge is 0.269 e. The first-order valence-electron chi connectivity index (χ1n) is 6.87. The van der Waals surface area contributed by atoms with Crippen LogP contribution in [0.3, 0.4) is 0 Å². The Morgan fingerprint density at radius 3 is 2.26 bits per heavy atom. The van der Waals surface area contributed by atoms with Crippen LogP contribution in [0.25, 0.3) is 11.3 Å². The van der Waals surface area contributed by atoms with Crippen molar-refractivity contribution >= 4 is 5.69 Å². The van der Waals surface area contributed by atoms with E-state index >= 15 is 0 Å². The monoisotopic (exact) mass is 311 g/mol. The molecule has 3 rings (SSSR count). The van der Waals surface area contributed by atoms with Crippen LogP contribution in [0.4, 0.5) is 5.69 Å². The number of aromatic amines is 2. The van der Waals surface area contributed by atoms with E-state index in [1.165, 1.54) is 12.1 Å². The van der Waals surface area contributed by atoms with Crippen LogP contribution in [0.2, 0.25) is 0 Å². The van der Waals surface area contributed by atoms with E-state index in [0.717, 1.165) is 5.56 Å². The molecule has 0 radical (unpaired) electrons. The van der Waals surface area contributed by atoms with Crippen LogP contribution in [0, 0.1) is 10.1 Å². The lowest BCUT2D eigenvalue weighted by atomic mass is 10.0. The number of nitro benzene ring substituents is 1. The third kappa shape index (κ3) is 2.98. The van der Waals surface area contributed by atoms with Crippen LogP contribution >= 0.6 is 0 Å². The maximum Gasteiger partial charge on any atom is 0.269 e. The average Bonchev–Trinajstić information content (AvgIpc) is 2.91. The Morgan fingerprint density at radius 2 is 1.65 bits per heavy atom. The minimum Gasteiger partial charge on any atom is -0.508 e. The predicted octanol–water partition coefficient (Wildman–Crippen LogP) is 2.57. The quantitative estimate of drug-likeness (QED) is 0.507. The van der Waals surface area contributed by atoms with Gasteiger partial charge in [-0.2, -0.15) is 0 Å². The molecular weight excluding hydrogens is 298 g/mol. The maximum absolute atomic E-state index is 12.0. The van der Waals surface area contributed by atoms with E-state index in [-0.39, 0.29) is 17.0 Å². The summed E-state index contributed by atoms with van der Waals surface area (Å²) in [6, 6.07) is 12.6. The molecule has 7 heteroatoms. The van der Waals surface area contributed by atoms with Crippen molar-refractivity contribution in [1.29, 1.82) is 0 Å². The van der Waals surface area contributed by atoms with Gasteiger partial charge >= 0.3 is 0 Å². The highest BCUT2D eigenvalue weighted by Gasteiger charge is 2.14. The first-order valence-corrected chi connectivity index (χ1v) is 6.87. The zero-order valence-electron chi connectivity index (χ0n) is 11.9. The van der Waals surface area contributed by atoms with E-state index in [9.17, 15) is 20.0 Å². The number of nitro groups is 1. The fraction of sp³-hybridized carbons (Fsp3) is 0.0625. The Balaban J connectivity index is 1.96. The van der Waals surface area contributed by atoms with Gasteiger partial charge in [0, 0.05) is 29.7 Å². The normalized spacial score (nSPS) is 10.6. The number of H-pyrrole nitrogens is 2. The molecule has 0 aliphatic carbocycles. The van der Waals surface area contributed by atoms with Gasteiger partial charge in [0.15, 0.2) is 0 Å². The molecule has 1 aromatic heterocycles. The first kappa shape index (κ1) is 14.6. The molecule has 0 bridgehead atoms. The summed E-state index contributed by atoms with van der Waals surface area (Å²) in [5, 5.41) is 25.4. The fourth-order valence-corrected chi connectivity index (χ4v) is 2.37. The summed E-state index contributed by atoms with van der Waals surface area (Å²) in [5.74, 6) is 0.160. The Bertz CT molecular complexity index is 892. The molecule has 116 valence electrons. The molecule has 0 fully saturated rings. The Morgan fingerprint density at radius 1 is 1.00 bits per heavy atom. The Labute approximate surface area is 130 Å². The summed E-state index contributed by atoms with van der Waals surface area (Å²) < 4.78 is 0. The Kier molecular flexibility index (Phi) is 3.68. The number of phenols is 1. The lowest BCUT2D eigenvalue weighted by Crippen LogP contribution is -2.06. The molecule has 0 saturated heterocycles. The summed E-state index contributed by atoms with van der Waals surface area (Å²) in [4.78, 5) is 22.3. The number of nitrogens with zero attached hydrogens (tertiary/aromatic N) is 1. The summed E-state index contributed by atoms with van der Waals surface area (Å²) >= 11 is 0. The summed E-state index contributed by atoms with van der Waals surface area (Å²) in [6.07, 6.45) is 0.380. The summed E-state index contributed by atoms with van der Waals surface area (Å²) in [7, 11) is 0. The molecule has 23 heavy (non-hydrogen) atoms. The number of benzene rings is 2. The number of hydrogen-bond acceptors (Lipinski definition) is 4. The number of non-ortho nitro benzene ring substituents is 1. The van der Waals surface area contributed by atoms with Gasteiger partial charge < -0.3 is 5.11 Å². The molecule has 2 aromatic carbocycles. The molecule has 7 nitrogen and oxygen atoms in total. The van der Waals surface area contributed by atoms with Gasteiger partial charge in [0.1, 0.15) is 5.75 Å². The van der Waals surface area contributed by atoms with Gasteiger partial charge in [0.05, 0.1) is 10.6 Å². The molecule has 0 amide bonds. The zero-order chi connectivity index (χ0) is 16.4. The van der Waals surface area contributed by atoms with Gasteiger partial charge in [0.2, 0.25) is 0 Å². The lowest BCUT2D eigenvalue weighted by molar-refractivity contribution is -0.384. The van der Waals surface area contributed by atoms with E-state index in [0.29, 0.717) is 23.2 Å². The second kappa shape index (κ2) is 5.80. The number of hydrogen-bond donors (Lipinski definition) is 3. The predicted molar refractivity (Wildman–Crippen MR) is 84.4 cm³/mol. The molecule has 0 aliphatic rings. The maximum atomic E-state index is 12.0. The molecule has 0 aliphatic heterocycles. The van der Waals surface area contributed by atoms with Crippen molar-refractivity contribution in [3.8, 4) is 17.0 Å². The third-order valence-corrected chi connectivity index (χ3v) is 3.56. The van der Waals surface area contributed by atoms with Crippen LogP contribution < -0.4 is 5.56 Å². The highest BCUT2D eigenvalue weighted by Crippen LogP contribution is 2.24. The van der Waals surface area contributed by atoms with Gasteiger partial charge in [-0.05, 0) is 29.8 Å². The number of aromatic nitrogens is 2. The van der Waals surface area contributed by atoms with Crippen molar-refractivity contribution < 1.29 is 10.0 Å². The number of nitrogens with one attached hydrogen (secondary N) is 2. The second-order valence-electron chi connectivity index (χ2n) is 5.08. The number of aromatic hydroxyl groups is 1. The lowest BCUT2D eigenvalue weighted by Gasteiger charge is -2.04. The van der Waals surface area contributed by atoms with Crippen molar-refractivity contribution in [3.63, 3.8) is 0 Å². The van der Waals surface area contributed by atoms with Gasteiger partial charge in [0.25, 0.3) is 11.2 Å². The van der Waals surface area contributed by atoms with E-state index in [4.69, 9.17) is 0 Å².